The number of carbonyl (C=O) groups excluding carboxylic acids is 2. The van der Waals surface area contributed by atoms with Crippen LogP contribution in [0.5, 0.6) is 5.75 Å². The molecule has 5 rings (SSSR count). The first-order chi connectivity index (χ1) is 18.9. The lowest BCUT2D eigenvalue weighted by atomic mass is 10.1. The summed E-state index contributed by atoms with van der Waals surface area (Å²) in [6.07, 6.45) is 4.47. The third-order valence-corrected chi connectivity index (χ3v) is 7.16. The van der Waals surface area contributed by atoms with Crippen LogP contribution >= 0.6 is 11.6 Å². The van der Waals surface area contributed by atoms with Crippen LogP contribution in [0.2, 0.25) is 5.02 Å². The number of benzene rings is 2. The van der Waals surface area contributed by atoms with Gasteiger partial charge in [0.15, 0.2) is 5.65 Å². The Morgan fingerprint density at radius 1 is 1.23 bits per heavy atom. The lowest BCUT2D eigenvalue weighted by molar-refractivity contribution is -0.127. The van der Waals surface area contributed by atoms with E-state index < -0.39 is 0 Å². The Kier molecular flexibility index (Phi) is 7.47. The zero-order chi connectivity index (χ0) is 27.5. The summed E-state index contributed by atoms with van der Waals surface area (Å²) >= 11 is 6.23. The van der Waals surface area contributed by atoms with Crippen LogP contribution in [0.3, 0.4) is 0 Å². The molecule has 0 radical (unpaired) electrons. The van der Waals surface area contributed by atoms with Crippen molar-refractivity contribution < 1.29 is 14.3 Å². The Hall–Kier alpha value is -4.44. The first-order valence-electron chi connectivity index (χ1n) is 12.5. The molecule has 4 aromatic rings. The van der Waals surface area contributed by atoms with Gasteiger partial charge in [-0.3, -0.25) is 9.59 Å². The Balaban J connectivity index is 1.39. The second-order valence-corrected chi connectivity index (χ2v) is 9.64. The summed E-state index contributed by atoms with van der Waals surface area (Å²) in [6.45, 7) is 5.11. The maximum absolute atomic E-state index is 12.8. The van der Waals surface area contributed by atoms with Crippen LogP contribution in [-0.2, 0) is 11.3 Å². The van der Waals surface area contributed by atoms with Gasteiger partial charge in [-0.25, -0.2) is 14.6 Å². The molecule has 1 fully saturated rings. The molecule has 200 valence electrons. The van der Waals surface area contributed by atoms with Crippen LogP contribution < -0.4 is 15.8 Å². The molecule has 0 aliphatic carbocycles. The van der Waals surface area contributed by atoms with Crippen LogP contribution in [0, 0.1) is 0 Å². The number of rotatable bonds is 7. The molecule has 1 unspecified atom stereocenters. The molecular formula is C28H28ClN7O3. The predicted octanol–water partition coefficient (Wildman–Crippen LogP) is 4.02. The van der Waals surface area contributed by atoms with E-state index in [1.165, 1.54) is 19.5 Å². The number of nitrogens with one attached hydrogen (secondary N) is 1. The number of likely N-dealkylation sites (tertiary alicyclic amines) is 1. The van der Waals surface area contributed by atoms with Crippen LogP contribution in [0.25, 0.3) is 22.3 Å². The standard InChI is InChI=1S/C28H28ClN7O3/c1-3-22(37)35-13-5-6-19(15-35)36-27-24(26(30)32-16-33-27)25(34-36)18-11-9-17(10-12-18)14-31-28(38)23-20(29)7-4-8-21(23)39-2/h3-4,7-12,16,19H,1,5-6,13-15H2,2H3,(H,31,38)(H2,30,32,33). The SMILES string of the molecule is C=CC(=O)N1CCCC(n2nc(-c3ccc(CNC(=O)c4c(Cl)cccc4OC)cc3)c3c(N)ncnc32)C1. The largest absolute Gasteiger partial charge is 0.496 e. The van der Waals surface area contributed by atoms with Gasteiger partial charge in [0, 0.05) is 25.2 Å². The van der Waals surface area contributed by atoms with E-state index in [2.05, 4.69) is 21.9 Å². The highest BCUT2D eigenvalue weighted by molar-refractivity contribution is 6.34. The number of amides is 2. The van der Waals surface area contributed by atoms with E-state index in [-0.39, 0.29) is 17.9 Å². The van der Waals surface area contributed by atoms with Crippen molar-refractivity contribution in [2.75, 3.05) is 25.9 Å². The fourth-order valence-corrected chi connectivity index (χ4v) is 5.13. The van der Waals surface area contributed by atoms with E-state index in [4.69, 9.17) is 27.2 Å². The molecule has 1 saturated heterocycles. The number of nitrogens with zero attached hydrogens (tertiary/aromatic N) is 5. The minimum absolute atomic E-state index is 0.0514. The van der Waals surface area contributed by atoms with E-state index in [0.29, 0.717) is 58.5 Å². The highest BCUT2D eigenvalue weighted by atomic mass is 35.5. The summed E-state index contributed by atoms with van der Waals surface area (Å²) < 4.78 is 7.14. The molecule has 0 saturated carbocycles. The summed E-state index contributed by atoms with van der Waals surface area (Å²) in [6, 6.07) is 12.7. The Bertz CT molecular complexity index is 1550. The van der Waals surface area contributed by atoms with Crippen molar-refractivity contribution in [2.45, 2.75) is 25.4 Å². The van der Waals surface area contributed by atoms with Crippen molar-refractivity contribution in [3.8, 4) is 17.0 Å². The first-order valence-corrected chi connectivity index (χ1v) is 12.9. The maximum Gasteiger partial charge on any atom is 0.256 e. The summed E-state index contributed by atoms with van der Waals surface area (Å²) in [5.74, 6) is 0.322. The first kappa shape index (κ1) is 26.2. The predicted molar refractivity (Wildman–Crippen MR) is 149 cm³/mol. The molecule has 3 N–H and O–H groups in total. The number of methoxy groups -OCH3 is 1. The fourth-order valence-electron chi connectivity index (χ4n) is 4.88. The Labute approximate surface area is 230 Å². The third-order valence-electron chi connectivity index (χ3n) is 6.85. The van der Waals surface area contributed by atoms with Crippen LogP contribution in [0.1, 0.15) is 34.8 Å². The molecule has 1 aliphatic rings. The van der Waals surface area contributed by atoms with Gasteiger partial charge in [-0.05, 0) is 36.6 Å². The second-order valence-electron chi connectivity index (χ2n) is 9.23. The number of ether oxygens (including phenoxy) is 1. The summed E-state index contributed by atoms with van der Waals surface area (Å²) in [7, 11) is 1.50. The molecule has 3 heterocycles. The van der Waals surface area contributed by atoms with E-state index in [9.17, 15) is 9.59 Å². The zero-order valence-corrected chi connectivity index (χ0v) is 22.2. The molecule has 10 nitrogen and oxygen atoms in total. The second kappa shape index (κ2) is 11.1. The molecule has 2 aromatic heterocycles. The van der Waals surface area contributed by atoms with Gasteiger partial charge < -0.3 is 20.7 Å². The number of hydrogen-bond donors (Lipinski definition) is 2. The number of hydrogen-bond acceptors (Lipinski definition) is 7. The van der Waals surface area contributed by atoms with Crippen LogP contribution in [0.4, 0.5) is 5.82 Å². The highest BCUT2D eigenvalue weighted by Gasteiger charge is 2.28. The summed E-state index contributed by atoms with van der Waals surface area (Å²) in [5, 5.41) is 8.78. The maximum atomic E-state index is 12.8. The topological polar surface area (TPSA) is 128 Å². The van der Waals surface area contributed by atoms with Gasteiger partial charge in [0.25, 0.3) is 5.91 Å². The zero-order valence-electron chi connectivity index (χ0n) is 21.4. The number of nitrogen functional groups attached to an aromatic ring is 1. The lowest BCUT2D eigenvalue weighted by Crippen LogP contribution is -2.40. The van der Waals surface area contributed by atoms with Gasteiger partial charge in [0.05, 0.1) is 29.1 Å². The molecule has 2 amide bonds. The number of piperidine rings is 1. The quantitative estimate of drug-likeness (QED) is 0.336. The van der Waals surface area contributed by atoms with E-state index in [0.717, 1.165) is 24.0 Å². The third kappa shape index (κ3) is 5.15. The molecule has 39 heavy (non-hydrogen) atoms. The van der Waals surface area contributed by atoms with Gasteiger partial charge in [-0.1, -0.05) is 48.5 Å². The molecule has 1 aliphatic heterocycles. The van der Waals surface area contributed by atoms with Gasteiger partial charge in [0.1, 0.15) is 23.6 Å². The van der Waals surface area contributed by atoms with Crippen molar-refractivity contribution in [1.82, 2.24) is 30.0 Å². The van der Waals surface area contributed by atoms with Crippen molar-refractivity contribution in [2.24, 2.45) is 0 Å². The number of fused-ring (bicyclic) bond motifs is 1. The van der Waals surface area contributed by atoms with E-state index in [1.807, 2.05) is 28.9 Å². The number of nitrogens with two attached hydrogens (primary N) is 1. The molecule has 2 aromatic carbocycles. The lowest BCUT2D eigenvalue weighted by Gasteiger charge is -2.32. The number of carbonyl (C=O) groups is 2. The summed E-state index contributed by atoms with van der Waals surface area (Å²) in [5.41, 5.74) is 9.58. The smallest absolute Gasteiger partial charge is 0.256 e. The van der Waals surface area contributed by atoms with Crippen LogP contribution in [0.15, 0.2) is 61.4 Å². The van der Waals surface area contributed by atoms with Gasteiger partial charge in [-0.15, -0.1) is 0 Å². The van der Waals surface area contributed by atoms with Gasteiger partial charge >= 0.3 is 0 Å². The Morgan fingerprint density at radius 3 is 2.77 bits per heavy atom. The minimum Gasteiger partial charge on any atom is -0.496 e. The normalized spacial score (nSPS) is 15.2. The number of anilines is 1. The molecule has 1 atom stereocenters. The molecule has 11 heteroatoms. The van der Waals surface area contributed by atoms with Gasteiger partial charge in [0.2, 0.25) is 5.91 Å². The average molecular weight is 546 g/mol. The van der Waals surface area contributed by atoms with E-state index in [1.54, 1.807) is 23.1 Å². The average Bonchev–Trinajstić information content (AvgIpc) is 3.36. The highest BCUT2D eigenvalue weighted by Crippen LogP contribution is 2.34. The minimum atomic E-state index is -0.326. The number of halogens is 1. The van der Waals surface area contributed by atoms with Crippen molar-refractivity contribution in [3.63, 3.8) is 0 Å². The molecule has 0 spiro atoms. The van der Waals surface area contributed by atoms with Crippen molar-refractivity contribution in [1.29, 1.82) is 0 Å². The van der Waals surface area contributed by atoms with Crippen molar-refractivity contribution >= 4 is 40.3 Å². The Morgan fingerprint density at radius 2 is 2.03 bits per heavy atom. The number of aromatic nitrogens is 4. The van der Waals surface area contributed by atoms with E-state index >= 15 is 0 Å². The van der Waals surface area contributed by atoms with Crippen LogP contribution in [-0.4, -0.2) is 56.7 Å². The molecular weight excluding hydrogens is 518 g/mol. The molecule has 0 bridgehead atoms. The monoisotopic (exact) mass is 545 g/mol. The fraction of sp³-hybridized carbons (Fsp3) is 0.250. The van der Waals surface area contributed by atoms with Gasteiger partial charge in [-0.2, -0.15) is 5.10 Å². The summed E-state index contributed by atoms with van der Waals surface area (Å²) in [4.78, 5) is 35.5. The van der Waals surface area contributed by atoms with Crippen molar-refractivity contribution in [3.05, 3.63) is 77.6 Å².